The fourth-order valence-electron chi connectivity index (χ4n) is 1.37. The van der Waals surface area contributed by atoms with Gasteiger partial charge in [-0.3, -0.25) is 16.3 Å². The van der Waals surface area contributed by atoms with Crippen LogP contribution in [-0.2, 0) is 4.74 Å². The van der Waals surface area contributed by atoms with Crippen molar-refractivity contribution in [1.82, 2.24) is 10.4 Å². The summed E-state index contributed by atoms with van der Waals surface area (Å²) in [5.74, 6) is 6.21. The Morgan fingerprint density at radius 2 is 2.25 bits per heavy atom. The first-order valence-corrected chi connectivity index (χ1v) is 5.24. The Bertz CT molecular complexity index is 318. The summed E-state index contributed by atoms with van der Waals surface area (Å²) in [6.07, 6.45) is 3.54. The van der Waals surface area contributed by atoms with E-state index in [2.05, 4.69) is 10.4 Å². The van der Waals surface area contributed by atoms with Crippen LogP contribution < -0.4 is 16.0 Å². The molecule has 16 heavy (non-hydrogen) atoms. The molecule has 0 aliphatic carbocycles. The Labute approximate surface area is 95.9 Å². The van der Waals surface area contributed by atoms with E-state index in [1.165, 1.54) is 0 Å². The van der Waals surface area contributed by atoms with Gasteiger partial charge in [-0.2, -0.15) is 0 Å². The second-order valence-corrected chi connectivity index (χ2v) is 3.72. The molecule has 1 aromatic heterocycles. The molecule has 0 bridgehead atoms. The number of ether oxygens (including phenoxy) is 2. The van der Waals surface area contributed by atoms with Crippen LogP contribution in [0.4, 0.5) is 0 Å². The first kappa shape index (κ1) is 12.9. The number of nitrogens with two attached hydrogens (primary N) is 1. The van der Waals surface area contributed by atoms with Gasteiger partial charge in [-0.25, -0.2) is 0 Å². The molecule has 5 heteroatoms. The average Bonchev–Trinajstić information content (AvgIpc) is 2.30. The second kappa shape index (κ2) is 6.42. The number of aromatic nitrogens is 1. The minimum absolute atomic E-state index is 0.0969. The van der Waals surface area contributed by atoms with E-state index in [4.69, 9.17) is 15.3 Å². The van der Waals surface area contributed by atoms with Gasteiger partial charge in [0.2, 0.25) is 0 Å². The monoisotopic (exact) mass is 225 g/mol. The molecule has 0 saturated carbocycles. The first-order valence-electron chi connectivity index (χ1n) is 5.24. The van der Waals surface area contributed by atoms with Gasteiger partial charge >= 0.3 is 0 Å². The summed E-state index contributed by atoms with van der Waals surface area (Å²) in [4.78, 5) is 3.99. The highest BCUT2D eigenvalue weighted by Gasteiger charge is 2.15. The van der Waals surface area contributed by atoms with Crippen LogP contribution in [0, 0.1) is 0 Å². The minimum atomic E-state index is -0.0969. The summed E-state index contributed by atoms with van der Waals surface area (Å²) < 4.78 is 10.8. The largest absolute Gasteiger partial charge is 0.495 e. The van der Waals surface area contributed by atoms with Crippen LogP contribution in [0.25, 0.3) is 0 Å². The van der Waals surface area contributed by atoms with Crippen LogP contribution in [0.2, 0.25) is 0 Å². The summed E-state index contributed by atoms with van der Waals surface area (Å²) in [7, 11) is 1.61. The van der Waals surface area contributed by atoms with Crippen LogP contribution >= 0.6 is 0 Å². The van der Waals surface area contributed by atoms with Crippen molar-refractivity contribution in [3.63, 3.8) is 0 Å². The molecular weight excluding hydrogens is 206 g/mol. The average molecular weight is 225 g/mol. The molecule has 0 aliphatic heterocycles. The van der Waals surface area contributed by atoms with Crippen molar-refractivity contribution < 1.29 is 9.47 Å². The highest BCUT2D eigenvalue weighted by Crippen LogP contribution is 2.23. The molecule has 1 unspecified atom stereocenters. The van der Waals surface area contributed by atoms with Gasteiger partial charge in [0.05, 0.1) is 32.1 Å². The minimum Gasteiger partial charge on any atom is -0.495 e. The fraction of sp³-hybridized carbons (Fsp3) is 0.545. The number of nitrogens with zero attached hydrogens (tertiary/aromatic N) is 1. The summed E-state index contributed by atoms with van der Waals surface area (Å²) in [5.41, 5.74) is 3.66. The van der Waals surface area contributed by atoms with Gasteiger partial charge in [-0.1, -0.05) is 0 Å². The van der Waals surface area contributed by atoms with Crippen molar-refractivity contribution in [3.05, 3.63) is 24.0 Å². The fourth-order valence-corrected chi connectivity index (χ4v) is 1.37. The van der Waals surface area contributed by atoms with Crippen LogP contribution in [0.5, 0.6) is 5.75 Å². The summed E-state index contributed by atoms with van der Waals surface area (Å²) in [5, 5.41) is 0. The van der Waals surface area contributed by atoms with E-state index < -0.39 is 0 Å². The van der Waals surface area contributed by atoms with Gasteiger partial charge in [0.25, 0.3) is 0 Å². The molecule has 0 fully saturated rings. The Balaban J connectivity index is 2.77. The lowest BCUT2D eigenvalue weighted by atomic mass is 10.1. The van der Waals surface area contributed by atoms with Gasteiger partial charge < -0.3 is 9.47 Å². The van der Waals surface area contributed by atoms with Crippen molar-refractivity contribution in [1.29, 1.82) is 0 Å². The third-order valence-electron chi connectivity index (χ3n) is 2.21. The van der Waals surface area contributed by atoms with E-state index in [9.17, 15) is 0 Å². The van der Waals surface area contributed by atoms with Crippen molar-refractivity contribution in [2.45, 2.75) is 26.0 Å². The number of nitrogens with one attached hydrogen (secondary N) is 1. The predicted octanol–water partition coefficient (Wildman–Crippen LogP) is 1.02. The molecule has 1 atom stereocenters. The molecule has 1 rings (SSSR count). The van der Waals surface area contributed by atoms with Crippen LogP contribution in [0.3, 0.4) is 0 Å². The maximum absolute atomic E-state index is 5.53. The molecule has 1 aromatic rings. The van der Waals surface area contributed by atoms with Crippen molar-refractivity contribution in [2.75, 3.05) is 13.7 Å². The molecule has 5 nitrogen and oxygen atoms in total. The molecule has 0 amide bonds. The van der Waals surface area contributed by atoms with Crippen molar-refractivity contribution in [2.24, 2.45) is 5.84 Å². The highest BCUT2D eigenvalue weighted by atomic mass is 16.5. The number of methoxy groups -OCH3 is 1. The van der Waals surface area contributed by atoms with Gasteiger partial charge in [0.15, 0.2) is 0 Å². The van der Waals surface area contributed by atoms with Crippen molar-refractivity contribution >= 4 is 0 Å². The maximum atomic E-state index is 5.53. The van der Waals surface area contributed by atoms with Gasteiger partial charge in [-0.05, 0) is 19.9 Å². The van der Waals surface area contributed by atoms with Crippen LogP contribution in [-0.4, -0.2) is 24.8 Å². The molecule has 90 valence electrons. The van der Waals surface area contributed by atoms with Crippen molar-refractivity contribution in [3.8, 4) is 5.75 Å². The molecule has 0 aliphatic rings. The Kier molecular flexibility index (Phi) is 5.18. The third kappa shape index (κ3) is 3.44. The molecule has 3 N–H and O–H groups in total. The zero-order chi connectivity index (χ0) is 12.0. The van der Waals surface area contributed by atoms with E-state index in [-0.39, 0.29) is 12.1 Å². The smallest absolute Gasteiger partial charge is 0.142 e. The number of pyridine rings is 1. The Hall–Kier alpha value is -1.17. The Morgan fingerprint density at radius 1 is 1.50 bits per heavy atom. The zero-order valence-corrected chi connectivity index (χ0v) is 9.93. The molecule has 0 aromatic carbocycles. The SMILES string of the molecule is COc1cnccc1C(COC(C)C)NN. The summed E-state index contributed by atoms with van der Waals surface area (Å²) in [6, 6.07) is 1.77. The number of hydrazine groups is 1. The van der Waals surface area contributed by atoms with E-state index in [0.717, 1.165) is 5.56 Å². The maximum Gasteiger partial charge on any atom is 0.142 e. The summed E-state index contributed by atoms with van der Waals surface area (Å²) in [6.45, 7) is 4.46. The summed E-state index contributed by atoms with van der Waals surface area (Å²) >= 11 is 0. The van der Waals surface area contributed by atoms with Crippen LogP contribution in [0.1, 0.15) is 25.5 Å². The second-order valence-electron chi connectivity index (χ2n) is 3.72. The number of hydrogen-bond donors (Lipinski definition) is 2. The third-order valence-corrected chi connectivity index (χ3v) is 2.21. The quantitative estimate of drug-likeness (QED) is 0.559. The standard InChI is InChI=1S/C11H19N3O2/c1-8(2)16-7-10(14-12)9-4-5-13-6-11(9)15-3/h4-6,8,10,14H,7,12H2,1-3H3. The number of rotatable bonds is 6. The van der Waals surface area contributed by atoms with E-state index in [1.807, 2.05) is 19.9 Å². The lowest BCUT2D eigenvalue weighted by Gasteiger charge is -2.19. The van der Waals surface area contributed by atoms with E-state index in [1.54, 1.807) is 19.5 Å². The lowest BCUT2D eigenvalue weighted by molar-refractivity contribution is 0.0606. The molecule has 0 spiro atoms. The number of hydrogen-bond acceptors (Lipinski definition) is 5. The molecule has 1 heterocycles. The van der Waals surface area contributed by atoms with E-state index in [0.29, 0.717) is 12.4 Å². The molecular formula is C11H19N3O2. The van der Waals surface area contributed by atoms with Gasteiger partial charge in [-0.15, -0.1) is 0 Å². The normalized spacial score (nSPS) is 12.8. The van der Waals surface area contributed by atoms with Gasteiger partial charge in [0, 0.05) is 11.8 Å². The Morgan fingerprint density at radius 3 is 2.81 bits per heavy atom. The highest BCUT2D eigenvalue weighted by molar-refractivity contribution is 5.32. The van der Waals surface area contributed by atoms with E-state index >= 15 is 0 Å². The zero-order valence-electron chi connectivity index (χ0n) is 9.93. The predicted molar refractivity (Wildman–Crippen MR) is 61.9 cm³/mol. The first-order chi connectivity index (χ1) is 7.69. The lowest BCUT2D eigenvalue weighted by Crippen LogP contribution is -2.32. The van der Waals surface area contributed by atoms with Crippen LogP contribution in [0.15, 0.2) is 18.5 Å². The van der Waals surface area contributed by atoms with Gasteiger partial charge in [0.1, 0.15) is 5.75 Å². The molecule has 0 radical (unpaired) electrons. The topological polar surface area (TPSA) is 69.4 Å². The molecule has 0 saturated heterocycles.